The van der Waals surface area contributed by atoms with Gasteiger partial charge in [-0.25, -0.2) is 0 Å². The molecule has 0 aromatic heterocycles. The van der Waals surface area contributed by atoms with Crippen molar-refractivity contribution in [1.82, 2.24) is 10.2 Å². The standard InChI is InChI=1S/C14H29N3O/c1-14(2,10-17(3)4)9-16-13(18)8-11-6-5-7-12(11)15/h11-12H,5-10,15H2,1-4H3,(H,16,18)/t11-,12+/m0/s1. The molecular weight excluding hydrogens is 226 g/mol. The first-order valence-electron chi connectivity index (χ1n) is 6.97. The lowest BCUT2D eigenvalue weighted by molar-refractivity contribution is -0.122. The lowest BCUT2D eigenvalue weighted by atomic mass is 9.92. The molecule has 0 aromatic rings. The number of nitrogens with zero attached hydrogens (tertiary/aromatic N) is 1. The Kier molecular flexibility index (Phi) is 5.60. The summed E-state index contributed by atoms with van der Waals surface area (Å²) in [4.78, 5) is 14.0. The number of hydrogen-bond donors (Lipinski definition) is 2. The summed E-state index contributed by atoms with van der Waals surface area (Å²) in [7, 11) is 4.11. The smallest absolute Gasteiger partial charge is 0.220 e. The van der Waals surface area contributed by atoms with Crippen molar-refractivity contribution in [2.24, 2.45) is 17.1 Å². The second-order valence-corrected chi connectivity index (χ2v) is 6.74. The molecule has 0 heterocycles. The molecule has 0 aliphatic heterocycles. The van der Waals surface area contributed by atoms with Crippen LogP contribution in [0.3, 0.4) is 0 Å². The molecule has 4 nitrogen and oxygen atoms in total. The summed E-state index contributed by atoms with van der Waals surface area (Å²) in [6.45, 7) is 6.05. The van der Waals surface area contributed by atoms with Crippen LogP contribution >= 0.6 is 0 Å². The van der Waals surface area contributed by atoms with Gasteiger partial charge < -0.3 is 16.0 Å². The second-order valence-electron chi connectivity index (χ2n) is 6.74. The molecule has 1 fully saturated rings. The van der Waals surface area contributed by atoms with E-state index >= 15 is 0 Å². The van der Waals surface area contributed by atoms with Crippen molar-refractivity contribution in [3.05, 3.63) is 0 Å². The van der Waals surface area contributed by atoms with Crippen LogP contribution in [0.25, 0.3) is 0 Å². The van der Waals surface area contributed by atoms with Gasteiger partial charge >= 0.3 is 0 Å². The summed E-state index contributed by atoms with van der Waals surface area (Å²) in [5.41, 5.74) is 6.10. The molecule has 18 heavy (non-hydrogen) atoms. The molecule has 0 radical (unpaired) electrons. The van der Waals surface area contributed by atoms with Gasteiger partial charge in [-0.2, -0.15) is 0 Å². The summed E-state index contributed by atoms with van der Waals surface area (Å²) in [6, 6.07) is 0.227. The normalized spacial score (nSPS) is 24.6. The molecule has 0 spiro atoms. The molecular formula is C14H29N3O. The Hall–Kier alpha value is -0.610. The maximum absolute atomic E-state index is 11.9. The van der Waals surface area contributed by atoms with Crippen LogP contribution < -0.4 is 11.1 Å². The molecule has 1 saturated carbocycles. The first-order chi connectivity index (χ1) is 8.30. The Labute approximate surface area is 111 Å². The number of rotatable bonds is 6. The highest BCUT2D eigenvalue weighted by Gasteiger charge is 2.27. The zero-order valence-corrected chi connectivity index (χ0v) is 12.3. The number of nitrogens with two attached hydrogens (primary N) is 1. The van der Waals surface area contributed by atoms with Crippen LogP contribution in [0.15, 0.2) is 0 Å². The molecule has 4 heteroatoms. The van der Waals surface area contributed by atoms with E-state index in [0.717, 1.165) is 25.9 Å². The molecule has 0 unspecified atom stereocenters. The summed E-state index contributed by atoms with van der Waals surface area (Å²) < 4.78 is 0. The quantitative estimate of drug-likeness (QED) is 0.750. The van der Waals surface area contributed by atoms with Crippen LogP contribution in [0, 0.1) is 11.3 Å². The van der Waals surface area contributed by atoms with Gasteiger partial charge in [0.15, 0.2) is 0 Å². The molecule has 0 bridgehead atoms. The zero-order valence-electron chi connectivity index (χ0n) is 12.3. The maximum atomic E-state index is 11.9. The van der Waals surface area contributed by atoms with E-state index in [1.54, 1.807) is 0 Å². The third-order valence-corrected chi connectivity index (χ3v) is 3.67. The molecule has 1 rings (SSSR count). The number of nitrogens with one attached hydrogen (secondary N) is 1. The fraction of sp³-hybridized carbons (Fsp3) is 0.929. The highest BCUT2D eigenvalue weighted by atomic mass is 16.1. The second kappa shape index (κ2) is 6.53. The molecule has 106 valence electrons. The topological polar surface area (TPSA) is 58.4 Å². The van der Waals surface area contributed by atoms with E-state index < -0.39 is 0 Å². The summed E-state index contributed by atoms with van der Waals surface area (Å²) in [5.74, 6) is 0.547. The van der Waals surface area contributed by atoms with Crippen molar-refractivity contribution in [2.45, 2.75) is 45.6 Å². The first-order valence-corrected chi connectivity index (χ1v) is 6.97. The van der Waals surface area contributed by atoms with E-state index in [-0.39, 0.29) is 17.4 Å². The Morgan fingerprint density at radius 2 is 2.06 bits per heavy atom. The van der Waals surface area contributed by atoms with Crippen LogP contribution in [0.1, 0.15) is 39.5 Å². The lowest BCUT2D eigenvalue weighted by Gasteiger charge is -2.28. The van der Waals surface area contributed by atoms with E-state index in [0.29, 0.717) is 12.3 Å². The molecule has 0 saturated heterocycles. The number of hydrogen-bond acceptors (Lipinski definition) is 3. The van der Waals surface area contributed by atoms with E-state index in [9.17, 15) is 4.79 Å². The third kappa shape index (κ3) is 5.36. The van der Waals surface area contributed by atoms with Crippen molar-refractivity contribution in [1.29, 1.82) is 0 Å². The monoisotopic (exact) mass is 255 g/mol. The highest BCUT2D eigenvalue weighted by Crippen LogP contribution is 2.26. The SMILES string of the molecule is CN(C)CC(C)(C)CNC(=O)C[C@@H]1CCC[C@H]1N. The van der Waals surface area contributed by atoms with Crippen molar-refractivity contribution in [3.8, 4) is 0 Å². The van der Waals surface area contributed by atoms with E-state index in [1.807, 2.05) is 0 Å². The van der Waals surface area contributed by atoms with Crippen molar-refractivity contribution in [3.63, 3.8) is 0 Å². The van der Waals surface area contributed by atoms with Crippen LogP contribution in [-0.2, 0) is 4.79 Å². The molecule has 1 amide bonds. The van der Waals surface area contributed by atoms with Crippen molar-refractivity contribution in [2.75, 3.05) is 27.2 Å². The van der Waals surface area contributed by atoms with Gasteiger partial charge in [0.2, 0.25) is 5.91 Å². The van der Waals surface area contributed by atoms with Gasteiger partial charge in [0, 0.05) is 25.6 Å². The predicted molar refractivity (Wildman–Crippen MR) is 75.3 cm³/mol. The molecule has 2 atom stereocenters. The minimum absolute atomic E-state index is 0.108. The molecule has 1 aliphatic rings. The van der Waals surface area contributed by atoms with Crippen LogP contribution in [0.4, 0.5) is 0 Å². The molecule has 1 aliphatic carbocycles. The summed E-state index contributed by atoms with van der Waals surface area (Å²) >= 11 is 0. The fourth-order valence-electron chi connectivity index (χ4n) is 2.88. The molecule has 0 aromatic carbocycles. The molecule has 3 N–H and O–H groups in total. The Bertz CT molecular complexity index is 276. The van der Waals surface area contributed by atoms with E-state index in [4.69, 9.17) is 5.73 Å². The Morgan fingerprint density at radius 3 is 2.56 bits per heavy atom. The van der Waals surface area contributed by atoms with Crippen molar-refractivity contribution >= 4 is 5.91 Å². The van der Waals surface area contributed by atoms with Crippen LogP contribution in [0.5, 0.6) is 0 Å². The average Bonchev–Trinajstić information content (AvgIpc) is 2.60. The van der Waals surface area contributed by atoms with Gasteiger partial charge in [0.25, 0.3) is 0 Å². The zero-order chi connectivity index (χ0) is 13.8. The fourth-order valence-corrected chi connectivity index (χ4v) is 2.88. The van der Waals surface area contributed by atoms with Gasteiger partial charge in [-0.3, -0.25) is 4.79 Å². The summed E-state index contributed by atoms with van der Waals surface area (Å²) in [5, 5.41) is 3.05. The first kappa shape index (κ1) is 15.4. The van der Waals surface area contributed by atoms with E-state index in [1.165, 1.54) is 6.42 Å². The van der Waals surface area contributed by atoms with Gasteiger partial charge in [-0.05, 0) is 38.3 Å². The number of carbonyl (C=O) groups excluding carboxylic acids is 1. The minimum Gasteiger partial charge on any atom is -0.356 e. The predicted octanol–water partition coefficient (Wildman–Crippen LogP) is 1.21. The highest BCUT2D eigenvalue weighted by molar-refractivity contribution is 5.76. The third-order valence-electron chi connectivity index (χ3n) is 3.67. The minimum atomic E-state index is 0.108. The Morgan fingerprint density at radius 1 is 1.39 bits per heavy atom. The van der Waals surface area contributed by atoms with Gasteiger partial charge in [0.05, 0.1) is 0 Å². The van der Waals surface area contributed by atoms with Gasteiger partial charge in [0.1, 0.15) is 0 Å². The summed E-state index contributed by atoms with van der Waals surface area (Å²) in [6.07, 6.45) is 3.95. The van der Waals surface area contributed by atoms with Gasteiger partial charge in [-0.15, -0.1) is 0 Å². The van der Waals surface area contributed by atoms with E-state index in [2.05, 4.69) is 38.2 Å². The average molecular weight is 255 g/mol. The van der Waals surface area contributed by atoms with Crippen LogP contribution in [0.2, 0.25) is 0 Å². The van der Waals surface area contributed by atoms with Gasteiger partial charge in [-0.1, -0.05) is 20.3 Å². The number of carbonyl (C=O) groups is 1. The number of amides is 1. The largest absolute Gasteiger partial charge is 0.356 e. The van der Waals surface area contributed by atoms with Crippen LogP contribution in [-0.4, -0.2) is 44.0 Å². The lowest BCUT2D eigenvalue weighted by Crippen LogP contribution is -2.41. The van der Waals surface area contributed by atoms with Crippen molar-refractivity contribution < 1.29 is 4.79 Å². The maximum Gasteiger partial charge on any atom is 0.220 e. The Balaban J connectivity index is 2.28.